The van der Waals surface area contributed by atoms with Crippen molar-refractivity contribution in [1.82, 2.24) is 5.32 Å². The standard InChI is InChI=1S/C23H17ClF3NO/c1-23(11-13-6-17(25)10-18(26)7-13)19-8-14(2-3-16(19)12-28-22(23)29)15-4-5-21(27)20(24)9-15/h2-10H,11-12H2,1H3,(H,28,29)/t23-/m0/s1. The molecular weight excluding hydrogens is 399 g/mol. The second-order valence-electron chi connectivity index (χ2n) is 7.47. The zero-order valence-electron chi connectivity index (χ0n) is 15.5. The molecule has 0 bridgehead atoms. The van der Waals surface area contributed by atoms with E-state index in [0.717, 1.165) is 22.8 Å². The van der Waals surface area contributed by atoms with Crippen LogP contribution in [0.3, 0.4) is 0 Å². The Labute approximate surface area is 171 Å². The van der Waals surface area contributed by atoms with E-state index >= 15 is 0 Å². The monoisotopic (exact) mass is 415 g/mol. The lowest BCUT2D eigenvalue weighted by molar-refractivity contribution is -0.127. The van der Waals surface area contributed by atoms with Gasteiger partial charge in [0.25, 0.3) is 0 Å². The molecule has 0 spiro atoms. The van der Waals surface area contributed by atoms with Gasteiger partial charge in [-0.25, -0.2) is 13.2 Å². The van der Waals surface area contributed by atoms with E-state index in [1.165, 1.54) is 24.3 Å². The van der Waals surface area contributed by atoms with Crippen molar-refractivity contribution in [2.75, 3.05) is 0 Å². The summed E-state index contributed by atoms with van der Waals surface area (Å²) in [5.74, 6) is -2.10. The van der Waals surface area contributed by atoms with E-state index in [-0.39, 0.29) is 17.4 Å². The predicted molar refractivity (Wildman–Crippen MR) is 106 cm³/mol. The summed E-state index contributed by atoms with van der Waals surface area (Å²) in [6.07, 6.45) is 0.133. The van der Waals surface area contributed by atoms with Crippen molar-refractivity contribution < 1.29 is 18.0 Å². The van der Waals surface area contributed by atoms with Gasteiger partial charge in [0, 0.05) is 12.6 Å². The number of nitrogens with one attached hydrogen (secondary N) is 1. The molecular formula is C23H17ClF3NO. The smallest absolute Gasteiger partial charge is 0.230 e. The minimum atomic E-state index is -1.02. The molecule has 0 saturated carbocycles. The quantitative estimate of drug-likeness (QED) is 0.596. The summed E-state index contributed by atoms with van der Waals surface area (Å²) >= 11 is 5.91. The van der Waals surface area contributed by atoms with Gasteiger partial charge in [0.05, 0.1) is 10.4 Å². The maximum Gasteiger partial charge on any atom is 0.230 e. The van der Waals surface area contributed by atoms with Gasteiger partial charge < -0.3 is 5.32 Å². The van der Waals surface area contributed by atoms with E-state index in [1.54, 1.807) is 13.0 Å². The summed E-state index contributed by atoms with van der Waals surface area (Å²) in [6, 6.07) is 13.3. The molecule has 0 saturated heterocycles. The van der Waals surface area contributed by atoms with Crippen LogP contribution < -0.4 is 5.32 Å². The number of hydrogen-bond acceptors (Lipinski definition) is 1. The lowest BCUT2D eigenvalue weighted by Gasteiger charge is -2.35. The van der Waals surface area contributed by atoms with E-state index in [9.17, 15) is 18.0 Å². The first-order valence-corrected chi connectivity index (χ1v) is 9.46. The highest BCUT2D eigenvalue weighted by atomic mass is 35.5. The molecule has 0 radical (unpaired) electrons. The highest BCUT2D eigenvalue weighted by Gasteiger charge is 2.40. The largest absolute Gasteiger partial charge is 0.351 e. The first-order chi connectivity index (χ1) is 13.8. The molecule has 0 aliphatic carbocycles. The molecule has 6 heteroatoms. The van der Waals surface area contributed by atoms with E-state index < -0.39 is 22.9 Å². The van der Waals surface area contributed by atoms with Gasteiger partial charge in [-0.3, -0.25) is 4.79 Å². The minimum Gasteiger partial charge on any atom is -0.351 e. The molecule has 1 aliphatic rings. The van der Waals surface area contributed by atoms with Crippen LogP contribution in [0.5, 0.6) is 0 Å². The van der Waals surface area contributed by atoms with Crippen LogP contribution in [0.2, 0.25) is 5.02 Å². The molecule has 0 fully saturated rings. The molecule has 4 rings (SSSR count). The van der Waals surface area contributed by atoms with Gasteiger partial charge in [-0.05, 0) is 71.5 Å². The highest BCUT2D eigenvalue weighted by Crippen LogP contribution is 2.37. The normalized spacial score (nSPS) is 18.3. The summed E-state index contributed by atoms with van der Waals surface area (Å²) in [6.45, 7) is 2.12. The van der Waals surface area contributed by atoms with Crippen LogP contribution in [0, 0.1) is 17.5 Å². The summed E-state index contributed by atoms with van der Waals surface area (Å²) < 4.78 is 40.9. The Hall–Kier alpha value is -2.79. The van der Waals surface area contributed by atoms with Crippen LogP contribution in [0.25, 0.3) is 11.1 Å². The van der Waals surface area contributed by atoms with Crippen molar-refractivity contribution in [2.45, 2.75) is 25.3 Å². The molecule has 1 heterocycles. The molecule has 1 N–H and O–H groups in total. The number of carbonyl (C=O) groups excluding carboxylic acids is 1. The van der Waals surface area contributed by atoms with Gasteiger partial charge in [0.15, 0.2) is 0 Å². The Morgan fingerprint density at radius 2 is 1.62 bits per heavy atom. The van der Waals surface area contributed by atoms with Crippen LogP contribution in [-0.2, 0) is 23.2 Å². The fourth-order valence-corrected chi connectivity index (χ4v) is 4.07. The van der Waals surface area contributed by atoms with Crippen molar-refractivity contribution >= 4 is 17.5 Å². The number of amides is 1. The molecule has 29 heavy (non-hydrogen) atoms. The number of fused-ring (bicyclic) bond motifs is 1. The van der Waals surface area contributed by atoms with Crippen LogP contribution >= 0.6 is 11.6 Å². The fourth-order valence-electron chi connectivity index (χ4n) is 3.89. The second kappa shape index (κ2) is 7.23. The number of hydrogen-bond donors (Lipinski definition) is 1. The number of carbonyl (C=O) groups is 1. The summed E-state index contributed by atoms with van der Waals surface area (Å²) in [5, 5.41) is 2.87. The van der Waals surface area contributed by atoms with Crippen molar-refractivity contribution in [1.29, 1.82) is 0 Å². The number of halogens is 4. The lowest BCUT2D eigenvalue weighted by atomic mass is 9.72. The van der Waals surface area contributed by atoms with Crippen molar-refractivity contribution in [3.63, 3.8) is 0 Å². The zero-order chi connectivity index (χ0) is 20.8. The molecule has 2 nitrogen and oxygen atoms in total. The Morgan fingerprint density at radius 1 is 0.966 bits per heavy atom. The van der Waals surface area contributed by atoms with Crippen LogP contribution in [-0.4, -0.2) is 5.91 Å². The summed E-state index contributed by atoms with van der Waals surface area (Å²) in [5.41, 5.74) is 2.54. The molecule has 3 aromatic carbocycles. The first kappa shape index (κ1) is 19.5. The van der Waals surface area contributed by atoms with Crippen molar-refractivity contribution in [3.8, 4) is 11.1 Å². The Kier molecular flexibility index (Phi) is 4.87. The van der Waals surface area contributed by atoms with Crippen LogP contribution in [0.15, 0.2) is 54.6 Å². The maximum absolute atomic E-state index is 13.7. The predicted octanol–water partition coefficient (Wildman–Crippen LogP) is 5.55. The molecule has 148 valence electrons. The summed E-state index contributed by atoms with van der Waals surface area (Å²) in [4.78, 5) is 12.8. The average Bonchev–Trinajstić information content (AvgIpc) is 2.66. The maximum atomic E-state index is 13.7. The van der Waals surface area contributed by atoms with Crippen LogP contribution in [0.4, 0.5) is 13.2 Å². The van der Waals surface area contributed by atoms with Gasteiger partial charge >= 0.3 is 0 Å². The first-order valence-electron chi connectivity index (χ1n) is 9.08. The fraction of sp³-hybridized carbons (Fsp3) is 0.174. The molecule has 1 amide bonds. The Bertz CT molecular complexity index is 1110. The lowest BCUT2D eigenvalue weighted by Crippen LogP contribution is -2.48. The van der Waals surface area contributed by atoms with Crippen molar-refractivity contribution in [2.24, 2.45) is 0 Å². The van der Waals surface area contributed by atoms with E-state index in [0.29, 0.717) is 17.7 Å². The highest BCUT2D eigenvalue weighted by molar-refractivity contribution is 6.31. The van der Waals surface area contributed by atoms with Crippen molar-refractivity contribution in [3.05, 3.63) is 93.8 Å². The third-order valence-corrected chi connectivity index (χ3v) is 5.67. The molecule has 3 aromatic rings. The van der Waals surface area contributed by atoms with Gasteiger partial charge in [-0.2, -0.15) is 0 Å². The molecule has 1 atom stereocenters. The van der Waals surface area contributed by atoms with E-state index in [4.69, 9.17) is 11.6 Å². The van der Waals surface area contributed by atoms with Crippen LogP contribution in [0.1, 0.15) is 23.6 Å². The third-order valence-electron chi connectivity index (χ3n) is 5.38. The number of rotatable bonds is 3. The average molecular weight is 416 g/mol. The van der Waals surface area contributed by atoms with Gasteiger partial charge in [0.1, 0.15) is 17.5 Å². The summed E-state index contributed by atoms with van der Waals surface area (Å²) in [7, 11) is 0. The Morgan fingerprint density at radius 3 is 2.31 bits per heavy atom. The third kappa shape index (κ3) is 3.62. The molecule has 1 aliphatic heterocycles. The van der Waals surface area contributed by atoms with Gasteiger partial charge in [-0.1, -0.05) is 29.8 Å². The molecule has 0 unspecified atom stereocenters. The van der Waals surface area contributed by atoms with E-state index in [1.807, 2.05) is 18.2 Å². The van der Waals surface area contributed by atoms with E-state index in [2.05, 4.69) is 5.32 Å². The zero-order valence-corrected chi connectivity index (χ0v) is 16.3. The van der Waals surface area contributed by atoms with Gasteiger partial charge in [-0.15, -0.1) is 0 Å². The Balaban J connectivity index is 1.81. The topological polar surface area (TPSA) is 29.1 Å². The minimum absolute atomic E-state index is 0.0101. The van der Waals surface area contributed by atoms with Gasteiger partial charge in [0.2, 0.25) is 5.91 Å². The second-order valence-corrected chi connectivity index (χ2v) is 7.88. The SMILES string of the molecule is C[C@@]1(Cc2cc(F)cc(F)c2)C(=O)NCc2ccc(-c3ccc(F)c(Cl)c3)cc21. The molecule has 0 aromatic heterocycles. The number of benzene rings is 3.